The summed E-state index contributed by atoms with van der Waals surface area (Å²) < 4.78 is 5.25. The third kappa shape index (κ3) is 2.75. The molecule has 0 spiro atoms. The molecule has 1 atom stereocenters. The number of nitrogens with two attached hydrogens (primary N) is 1. The van der Waals surface area contributed by atoms with Crippen LogP contribution in [0.15, 0.2) is 34.3 Å². The van der Waals surface area contributed by atoms with Gasteiger partial charge in [-0.2, -0.15) is 0 Å². The maximum Gasteiger partial charge on any atom is 0.257 e. The van der Waals surface area contributed by atoms with Crippen LogP contribution in [0.3, 0.4) is 0 Å². The lowest BCUT2D eigenvalue weighted by Crippen LogP contribution is -2.29. The molecule has 2 aromatic rings. The fourth-order valence-electron chi connectivity index (χ4n) is 2.55. The minimum Gasteiger partial charge on any atom is -0.467 e. The van der Waals surface area contributed by atoms with Gasteiger partial charge in [0, 0.05) is 11.4 Å². The lowest BCUT2D eigenvalue weighted by atomic mass is 10.1. The highest BCUT2D eigenvalue weighted by Crippen LogP contribution is 2.35. The average Bonchev–Trinajstić information content (AvgIpc) is 3.16. The smallest absolute Gasteiger partial charge is 0.257 e. The van der Waals surface area contributed by atoms with Crippen LogP contribution < -0.4 is 5.73 Å². The molecule has 108 valence electrons. The normalized spacial score (nSPS) is 18.1. The average molecular weight is 313 g/mol. The number of likely N-dealkylation sites (tertiary alicyclic amines) is 1. The lowest BCUT2D eigenvalue weighted by molar-refractivity contribution is 0.0737. The van der Waals surface area contributed by atoms with E-state index in [4.69, 9.17) is 10.2 Å². The van der Waals surface area contributed by atoms with E-state index in [9.17, 15) is 4.79 Å². The van der Waals surface area contributed by atoms with Crippen molar-refractivity contribution in [2.45, 2.75) is 25.4 Å². The number of nitrogens with zero attached hydrogens (tertiary/aromatic N) is 1. The van der Waals surface area contributed by atoms with E-state index in [1.54, 1.807) is 17.4 Å². The molecule has 0 aromatic carbocycles. The molecule has 1 unspecified atom stereocenters. The van der Waals surface area contributed by atoms with Crippen molar-refractivity contribution in [3.63, 3.8) is 0 Å². The molecule has 0 aliphatic carbocycles. The van der Waals surface area contributed by atoms with E-state index in [0.717, 1.165) is 19.4 Å². The van der Waals surface area contributed by atoms with Gasteiger partial charge in [-0.1, -0.05) is 6.07 Å². The number of hydrogen-bond acceptors (Lipinski definition) is 4. The molecule has 1 amide bonds. The van der Waals surface area contributed by atoms with Crippen molar-refractivity contribution in [3.8, 4) is 0 Å². The molecule has 2 N–H and O–H groups in total. The highest BCUT2D eigenvalue weighted by atomic mass is 35.5. The van der Waals surface area contributed by atoms with Gasteiger partial charge >= 0.3 is 0 Å². The van der Waals surface area contributed by atoms with Crippen LogP contribution in [-0.2, 0) is 6.54 Å². The maximum absolute atomic E-state index is 12.5. The van der Waals surface area contributed by atoms with Gasteiger partial charge in [0.1, 0.15) is 12.0 Å². The molecular weight excluding hydrogens is 296 g/mol. The molecule has 0 bridgehead atoms. The van der Waals surface area contributed by atoms with Gasteiger partial charge in [-0.3, -0.25) is 4.79 Å². The Hall–Kier alpha value is -1.30. The molecule has 1 fully saturated rings. The first kappa shape index (κ1) is 15.1. The van der Waals surface area contributed by atoms with Crippen LogP contribution in [0.5, 0.6) is 0 Å². The highest BCUT2D eigenvalue weighted by molar-refractivity contribution is 7.10. The summed E-state index contributed by atoms with van der Waals surface area (Å²) >= 11 is 1.71. The Morgan fingerprint density at radius 1 is 1.55 bits per heavy atom. The minimum atomic E-state index is 0. The van der Waals surface area contributed by atoms with E-state index < -0.39 is 0 Å². The van der Waals surface area contributed by atoms with Crippen molar-refractivity contribution >= 4 is 29.7 Å². The van der Waals surface area contributed by atoms with Crippen molar-refractivity contribution in [3.05, 3.63) is 46.0 Å². The minimum absolute atomic E-state index is 0. The fourth-order valence-corrected chi connectivity index (χ4v) is 3.43. The van der Waals surface area contributed by atoms with Crippen LogP contribution in [0, 0.1) is 0 Å². The number of carbonyl (C=O) groups excluding carboxylic acids is 1. The van der Waals surface area contributed by atoms with E-state index in [0.29, 0.717) is 17.9 Å². The lowest BCUT2D eigenvalue weighted by Gasteiger charge is -2.23. The molecule has 3 rings (SSSR count). The first-order valence-corrected chi connectivity index (χ1v) is 7.29. The van der Waals surface area contributed by atoms with Crippen LogP contribution in [0.25, 0.3) is 0 Å². The number of thiophene rings is 1. The van der Waals surface area contributed by atoms with E-state index in [2.05, 4.69) is 11.4 Å². The third-order valence-corrected chi connectivity index (χ3v) is 4.46. The summed E-state index contributed by atoms with van der Waals surface area (Å²) in [6.45, 7) is 1.13. The van der Waals surface area contributed by atoms with Crippen molar-refractivity contribution in [2.75, 3.05) is 6.54 Å². The highest BCUT2D eigenvalue weighted by Gasteiger charge is 2.31. The van der Waals surface area contributed by atoms with E-state index in [1.165, 1.54) is 11.1 Å². The zero-order valence-corrected chi connectivity index (χ0v) is 12.6. The monoisotopic (exact) mass is 312 g/mol. The number of amides is 1. The fraction of sp³-hybridized carbons (Fsp3) is 0.357. The van der Waals surface area contributed by atoms with E-state index in [1.807, 2.05) is 11.0 Å². The predicted molar refractivity (Wildman–Crippen MR) is 81.2 cm³/mol. The number of hydrogen-bond donors (Lipinski definition) is 1. The second-order valence-corrected chi connectivity index (χ2v) is 5.66. The molecule has 4 nitrogen and oxygen atoms in total. The van der Waals surface area contributed by atoms with E-state index in [-0.39, 0.29) is 24.4 Å². The number of rotatable bonds is 3. The van der Waals surface area contributed by atoms with Gasteiger partial charge in [-0.05, 0) is 30.4 Å². The number of carbonyl (C=O) groups is 1. The molecule has 2 aromatic heterocycles. The first-order valence-electron chi connectivity index (χ1n) is 6.41. The summed E-state index contributed by atoms with van der Waals surface area (Å²) in [6.07, 6.45) is 3.60. The Morgan fingerprint density at radius 2 is 2.40 bits per heavy atom. The van der Waals surface area contributed by atoms with Crippen LogP contribution >= 0.6 is 23.7 Å². The molecule has 1 aliphatic heterocycles. The molecule has 20 heavy (non-hydrogen) atoms. The number of furan rings is 1. The van der Waals surface area contributed by atoms with Gasteiger partial charge in [-0.15, -0.1) is 23.7 Å². The van der Waals surface area contributed by atoms with E-state index >= 15 is 0 Å². The topological polar surface area (TPSA) is 59.5 Å². The van der Waals surface area contributed by atoms with Gasteiger partial charge in [0.25, 0.3) is 5.91 Å². The molecule has 1 aliphatic rings. The molecule has 6 heteroatoms. The van der Waals surface area contributed by atoms with Gasteiger partial charge in [0.2, 0.25) is 0 Å². The largest absolute Gasteiger partial charge is 0.467 e. The second kappa shape index (κ2) is 6.43. The molecular formula is C14H17ClN2O2S. The van der Waals surface area contributed by atoms with Gasteiger partial charge < -0.3 is 15.1 Å². The first-order chi connectivity index (χ1) is 9.29. The Kier molecular flexibility index (Phi) is 4.86. The number of halogens is 1. The second-order valence-electron chi connectivity index (χ2n) is 4.68. The van der Waals surface area contributed by atoms with Crippen molar-refractivity contribution in [1.82, 2.24) is 4.90 Å². The molecule has 3 heterocycles. The summed E-state index contributed by atoms with van der Waals surface area (Å²) in [7, 11) is 0. The molecule has 0 saturated carbocycles. The van der Waals surface area contributed by atoms with Crippen molar-refractivity contribution in [2.24, 2.45) is 5.73 Å². The SMILES string of the molecule is Cl.NCc1cc(C(=O)N2CCCC2c2cccs2)co1. The van der Waals surface area contributed by atoms with Crippen molar-refractivity contribution < 1.29 is 9.21 Å². The summed E-state index contributed by atoms with van der Waals surface area (Å²) in [5.74, 6) is 0.689. The summed E-state index contributed by atoms with van der Waals surface area (Å²) in [5.41, 5.74) is 6.11. The molecule has 1 saturated heterocycles. The standard InChI is InChI=1S/C14H16N2O2S.ClH/c15-8-11-7-10(9-18-11)14(17)16-5-1-3-12(16)13-4-2-6-19-13;/h2,4,6-7,9,12H,1,3,5,8,15H2;1H. The summed E-state index contributed by atoms with van der Waals surface area (Å²) in [5, 5.41) is 2.06. The zero-order valence-electron chi connectivity index (χ0n) is 11.0. The Balaban J connectivity index is 0.00000147. The van der Waals surface area contributed by atoms with Crippen LogP contribution in [-0.4, -0.2) is 17.4 Å². The van der Waals surface area contributed by atoms with Gasteiger partial charge in [0.05, 0.1) is 18.2 Å². The van der Waals surface area contributed by atoms with Crippen LogP contribution in [0.1, 0.15) is 39.9 Å². The zero-order chi connectivity index (χ0) is 13.2. The predicted octanol–water partition coefficient (Wildman–Crippen LogP) is 3.20. The Labute approximate surface area is 128 Å². The van der Waals surface area contributed by atoms with Gasteiger partial charge in [-0.25, -0.2) is 0 Å². The Bertz CT molecular complexity index is 568. The van der Waals surface area contributed by atoms with Gasteiger partial charge in [0.15, 0.2) is 0 Å². The summed E-state index contributed by atoms with van der Waals surface area (Å²) in [4.78, 5) is 15.7. The van der Waals surface area contributed by atoms with Crippen molar-refractivity contribution in [1.29, 1.82) is 0 Å². The third-order valence-electron chi connectivity index (χ3n) is 3.49. The Morgan fingerprint density at radius 3 is 3.05 bits per heavy atom. The summed E-state index contributed by atoms with van der Waals surface area (Å²) in [6, 6.07) is 6.09. The quantitative estimate of drug-likeness (QED) is 0.946. The van der Waals surface area contributed by atoms with Crippen LogP contribution in [0.4, 0.5) is 0 Å². The molecule has 0 radical (unpaired) electrons. The van der Waals surface area contributed by atoms with Crippen LogP contribution in [0.2, 0.25) is 0 Å². The maximum atomic E-state index is 12.5.